The van der Waals surface area contributed by atoms with Crippen molar-refractivity contribution in [1.29, 1.82) is 0 Å². The van der Waals surface area contributed by atoms with Gasteiger partial charge in [-0.2, -0.15) is 0 Å². The third-order valence-corrected chi connectivity index (χ3v) is 3.16. The van der Waals surface area contributed by atoms with Gasteiger partial charge in [-0.15, -0.1) is 0 Å². The molecule has 2 rings (SSSR count). The topological polar surface area (TPSA) is 48.1 Å². The summed E-state index contributed by atoms with van der Waals surface area (Å²) in [5, 5.41) is 2.00. The largest absolute Gasteiger partial charge is 0.490 e. The zero-order valence-corrected chi connectivity index (χ0v) is 12.1. The number of fused-ring (bicyclic) bond motifs is 1. The number of hydrogen-bond acceptors (Lipinski definition) is 3. The van der Waals surface area contributed by atoms with Crippen LogP contribution in [0.1, 0.15) is 32.9 Å². The van der Waals surface area contributed by atoms with Gasteiger partial charge < -0.3 is 10.5 Å². The number of pyridine rings is 1. The third kappa shape index (κ3) is 3.16. The molecule has 0 fully saturated rings. The second-order valence-electron chi connectivity index (χ2n) is 5.58. The van der Waals surface area contributed by atoms with Crippen LogP contribution in [0.3, 0.4) is 0 Å². The molecule has 0 saturated carbocycles. The van der Waals surface area contributed by atoms with Crippen LogP contribution in [0.25, 0.3) is 10.8 Å². The Balaban J connectivity index is 2.38. The summed E-state index contributed by atoms with van der Waals surface area (Å²) in [5.74, 6) is 1.52. The number of ether oxygens (including phenoxy) is 1. The third-order valence-electron chi connectivity index (χ3n) is 3.16. The van der Waals surface area contributed by atoms with E-state index in [2.05, 4.69) is 25.8 Å². The van der Waals surface area contributed by atoms with E-state index >= 15 is 0 Å². The Kier molecular flexibility index (Phi) is 3.93. The van der Waals surface area contributed by atoms with Crippen molar-refractivity contribution in [2.24, 2.45) is 5.92 Å². The van der Waals surface area contributed by atoms with Crippen LogP contribution in [0.2, 0.25) is 0 Å². The summed E-state index contributed by atoms with van der Waals surface area (Å²) in [4.78, 5) is 4.30. The van der Waals surface area contributed by atoms with Gasteiger partial charge in [0.1, 0.15) is 5.75 Å². The summed E-state index contributed by atoms with van der Waals surface area (Å²) in [6.07, 6.45) is 3.05. The highest BCUT2D eigenvalue weighted by Crippen LogP contribution is 2.31. The highest BCUT2D eigenvalue weighted by molar-refractivity contribution is 5.96. The minimum atomic E-state index is 0.195. The van der Waals surface area contributed by atoms with Crippen molar-refractivity contribution >= 4 is 16.5 Å². The molecule has 1 heterocycles. The van der Waals surface area contributed by atoms with E-state index in [9.17, 15) is 0 Å². The lowest BCUT2D eigenvalue weighted by Crippen LogP contribution is -2.14. The Morgan fingerprint density at radius 2 is 1.95 bits per heavy atom. The number of nitrogens with zero attached hydrogens (tertiary/aromatic N) is 1. The molecule has 0 spiro atoms. The fourth-order valence-electron chi connectivity index (χ4n) is 2.37. The smallest absolute Gasteiger partial charge is 0.127 e. The number of rotatable bonds is 4. The van der Waals surface area contributed by atoms with Crippen LogP contribution < -0.4 is 10.5 Å². The number of aromatic nitrogens is 1. The summed E-state index contributed by atoms with van der Waals surface area (Å²) in [7, 11) is 0. The van der Waals surface area contributed by atoms with Crippen molar-refractivity contribution in [2.45, 2.75) is 40.2 Å². The SMILES string of the molecule is Cc1cc2c(OC(C)CC(C)C)ccc(N)c2cn1. The van der Waals surface area contributed by atoms with E-state index in [1.807, 2.05) is 31.3 Å². The molecule has 0 amide bonds. The van der Waals surface area contributed by atoms with E-state index in [-0.39, 0.29) is 6.10 Å². The highest BCUT2D eigenvalue weighted by atomic mass is 16.5. The molecule has 3 heteroatoms. The van der Waals surface area contributed by atoms with Gasteiger partial charge in [0.05, 0.1) is 6.10 Å². The zero-order valence-electron chi connectivity index (χ0n) is 12.1. The normalized spacial score (nSPS) is 12.9. The minimum Gasteiger partial charge on any atom is -0.490 e. The van der Waals surface area contributed by atoms with Crippen LogP contribution >= 0.6 is 0 Å². The Morgan fingerprint density at radius 1 is 1.21 bits per heavy atom. The van der Waals surface area contributed by atoms with Gasteiger partial charge in [0.15, 0.2) is 0 Å². The van der Waals surface area contributed by atoms with Crippen molar-refractivity contribution in [3.8, 4) is 5.75 Å². The Morgan fingerprint density at radius 3 is 2.63 bits per heavy atom. The van der Waals surface area contributed by atoms with Gasteiger partial charge in [-0.3, -0.25) is 4.98 Å². The molecule has 0 saturated heterocycles. The number of aryl methyl sites for hydroxylation is 1. The van der Waals surface area contributed by atoms with Crippen molar-refractivity contribution < 1.29 is 4.74 Å². The maximum Gasteiger partial charge on any atom is 0.127 e. The van der Waals surface area contributed by atoms with E-state index in [0.29, 0.717) is 5.92 Å². The lowest BCUT2D eigenvalue weighted by atomic mass is 10.1. The predicted molar refractivity (Wildman–Crippen MR) is 80.4 cm³/mol. The summed E-state index contributed by atoms with van der Waals surface area (Å²) >= 11 is 0. The molecule has 2 aromatic rings. The first-order chi connectivity index (χ1) is 8.97. The quantitative estimate of drug-likeness (QED) is 0.845. The molecule has 0 aliphatic carbocycles. The number of nitrogens with two attached hydrogens (primary N) is 1. The van der Waals surface area contributed by atoms with E-state index in [0.717, 1.165) is 34.3 Å². The fourth-order valence-corrected chi connectivity index (χ4v) is 2.37. The second-order valence-corrected chi connectivity index (χ2v) is 5.58. The molecule has 3 nitrogen and oxygen atoms in total. The average molecular weight is 258 g/mol. The average Bonchev–Trinajstić information content (AvgIpc) is 2.32. The highest BCUT2D eigenvalue weighted by Gasteiger charge is 2.11. The van der Waals surface area contributed by atoms with Gasteiger partial charge in [0.2, 0.25) is 0 Å². The molecule has 1 unspecified atom stereocenters. The van der Waals surface area contributed by atoms with E-state index in [1.165, 1.54) is 0 Å². The zero-order chi connectivity index (χ0) is 14.0. The van der Waals surface area contributed by atoms with Crippen LogP contribution in [0.5, 0.6) is 5.75 Å². The molecular formula is C16H22N2O. The Labute approximate surface area is 114 Å². The van der Waals surface area contributed by atoms with Gasteiger partial charge in [-0.05, 0) is 44.4 Å². The maximum atomic E-state index is 6.07. The number of nitrogen functional groups attached to an aromatic ring is 1. The van der Waals surface area contributed by atoms with Crippen molar-refractivity contribution in [3.05, 3.63) is 30.1 Å². The van der Waals surface area contributed by atoms with Gasteiger partial charge in [-0.25, -0.2) is 0 Å². The molecule has 1 aromatic heterocycles. The second kappa shape index (κ2) is 5.47. The lowest BCUT2D eigenvalue weighted by Gasteiger charge is -2.18. The van der Waals surface area contributed by atoms with E-state index in [1.54, 1.807) is 0 Å². The molecule has 0 bridgehead atoms. The van der Waals surface area contributed by atoms with E-state index < -0.39 is 0 Å². The molecule has 102 valence electrons. The lowest BCUT2D eigenvalue weighted by molar-refractivity contribution is 0.195. The van der Waals surface area contributed by atoms with E-state index in [4.69, 9.17) is 10.5 Å². The molecule has 0 aliphatic heterocycles. The molecule has 0 aliphatic rings. The molecule has 0 radical (unpaired) electrons. The van der Waals surface area contributed by atoms with Crippen LogP contribution in [-0.4, -0.2) is 11.1 Å². The van der Waals surface area contributed by atoms with Crippen LogP contribution in [0, 0.1) is 12.8 Å². The van der Waals surface area contributed by atoms with Crippen molar-refractivity contribution in [1.82, 2.24) is 4.98 Å². The minimum absolute atomic E-state index is 0.195. The first-order valence-corrected chi connectivity index (χ1v) is 6.79. The number of hydrogen-bond donors (Lipinski definition) is 1. The van der Waals surface area contributed by atoms with Crippen LogP contribution in [0.15, 0.2) is 24.4 Å². The van der Waals surface area contributed by atoms with Crippen molar-refractivity contribution in [2.75, 3.05) is 5.73 Å². The van der Waals surface area contributed by atoms with Crippen molar-refractivity contribution in [3.63, 3.8) is 0 Å². The summed E-state index contributed by atoms with van der Waals surface area (Å²) in [6, 6.07) is 5.87. The first kappa shape index (κ1) is 13.7. The molecule has 1 aromatic carbocycles. The predicted octanol–water partition coefficient (Wildman–Crippen LogP) is 3.94. The van der Waals surface area contributed by atoms with Gasteiger partial charge in [-0.1, -0.05) is 13.8 Å². The monoisotopic (exact) mass is 258 g/mol. The molecule has 1 atom stereocenters. The summed E-state index contributed by atoms with van der Waals surface area (Å²) < 4.78 is 6.07. The van der Waals surface area contributed by atoms with Gasteiger partial charge in [0.25, 0.3) is 0 Å². The molecule has 2 N–H and O–H groups in total. The van der Waals surface area contributed by atoms with Crippen LogP contribution in [0.4, 0.5) is 5.69 Å². The van der Waals surface area contributed by atoms with Gasteiger partial charge in [0, 0.05) is 28.4 Å². The number of benzene rings is 1. The maximum absolute atomic E-state index is 6.07. The summed E-state index contributed by atoms with van der Waals surface area (Å²) in [5.41, 5.74) is 7.70. The molecular weight excluding hydrogens is 236 g/mol. The standard InChI is InChI=1S/C16H22N2O/c1-10(2)7-12(4)19-16-6-5-15(17)14-9-18-11(3)8-13(14)16/h5-6,8-10,12H,7,17H2,1-4H3. The van der Waals surface area contributed by atoms with Crippen LogP contribution in [-0.2, 0) is 0 Å². The number of anilines is 1. The molecule has 19 heavy (non-hydrogen) atoms. The first-order valence-electron chi connectivity index (χ1n) is 6.79. The fraction of sp³-hybridized carbons (Fsp3) is 0.438. The Bertz CT molecular complexity index is 578. The van der Waals surface area contributed by atoms with Gasteiger partial charge >= 0.3 is 0 Å². The summed E-state index contributed by atoms with van der Waals surface area (Å²) in [6.45, 7) is 8.49. The Hall–Kier alpha value is -1.77.